The lowest BCUT2D eigenvalue weighted by atomic mass is 9.87. The Balaban J connectivity index is 3.57. The summed E-state index contributed by atoms with van der Waals surface area (Å²) in [6.45, 7) is 9.38. The molecule has 234 valence electrons. The second kappa shape index (κ2) is 34.2. The molecule has 0 bridgehead atoms. The van der Waals surface area contributed by atoms with Gasteiger partial charge in [0.15, 0.2) is 0 Å². The molecule has 0 spiro atoms. The van der Waals surface area contributed by atoms with Gasteiger partial charge in [-0.2, -0.15) is 0 Å². The summed E-state index contributed by atoms with van der Waals surface area (Å²) in [7, 11) is 0. The highest BCUT2D eigenvalue weighted by molar-refractivity contribution is 4.86. The summed E-state index contributed by atoms with van der Waals surface area (Å²) >= 11 is 0. The number of hydrogen-bond acceptors (Lipinski definition) is 0. The second-order valence-corrected chi connectivity index (χ2v) is 12.7. The maximum atomic E-state index is 2.47. The molecule has 0 saturated heterocycles. The Morgan fingerprint density at radius 1 is 0.325 bits per heavy atom. The van der Waals surface area contributed by atoms with Crippen LogP contribution in [0.15, 0.2) is 48.6 Å². The minimum Gasteiger partial charge on any atom is -0.0885 e. The third-order valence-corrected chi connectivity index (χ3v) is 8.45. The van der Waals surface area contributed by atoms with Crippen LogP contribution in [0.1, 0.15) is 195 Å². The van der Waals surface area contributed by atoms with E-state index in [0.29, 0.717) is 0 Å². The average molecular weight is 555 g/mol. The van der Waals surface area contributed by atoms with E-state index in [4.69, 9.17) is 0 Å². The van der Waals surface area contributed by atoms with Crippen molar-refractivity contribution in [3.8, 4) is 0 Å². The average Bonchev–Trinajstić information content (AvgIpc) is 2.95. The fraction of sp³-hybridized carbons (Fsp3) is 0.800. The molecule has 0 aliphatic rings. The van der Waals surface area contributed by atoms with Gasteiger partial charge < -0.3 is 0 Å². The van der Waals surface area contributed by atoms with E-state index in [1.54, 1.807) is 0 Å². The SMILES string of the molecule is CCCC/C=C/CCCCCCCC/C=C/CCC(CC/C=C/CCCCCCCC/C=C/CCCC)C(C)C. The second-order valence-electron chi connectivity index (χ2n) is 12.7. The molecular weight excluding hydrogens is 480 g/mol. The molecule has 0 unspecified atom stereocenters. The molecule has 40 heavy (non-hydrogen) atoms. The summed E-state index contributed by atoms with van der Waals surface area (Å²) in [5.41, 5.74) is 0. The Bertz CT molecular complexity index is 527. The van der Waals surface area contributed by atoms with Crippen LogP contribution in [0.2, 0.25) is 0 Å². The van der Waals surface area contributed by atoms with Crippen molar-refractivity contribution in [1.29, 1.82) is 0 Å². The monoisotopic (exact) mass is 555 g/mol. The molecule has 0 fully saturated rings. The molecular formula is C40H74. The van der Waals surface area contributed by atoms with Crippen LogP contribution in [-0.4, -0.2) is 0 Å². The van der Waals surface area contributed by atoms with Crippen LogP contribution in [-0.2, 0) is 0 Å². The first-order chi connectivity index (χ1) is 19.7. The summed E-state index contributed by atoms with van der Waals surface area (Å²) in [5, 5.41) is 0. The summed E-state index contributed by atoms with van der Waals surface area (Å²) in [6.07, 6.45) is 54.6. The summed E-state index contributed by atoms with van der Waals surface area (Å²) in [5.74, 6) is 1.68. The van der Waals surface area contributed by atoms with Crippen molar-refractivity contribution in [2.75, 3.05) is 0 Å². The third kappa shape index (κ3) is 31.5. The van der Waals surface area contributed by atoms with E-state index in [2.05, 4.69) is 76.3 Å². The minimum atomic E-state index is 0.806. The van der Waals surface area contributed by atoms with Gasteiger partial charge in [0.25, 0.3) is 0 Å². The van der Waals surface area contributed by atoms with Crippen molar-refractivity contribution >= 4 is 0 Å². The van der Waals surface area contributed by atoms with Gasteiger partial charge in [0.2, 0.25) is 0 Å². The lowest BCUT2D eigenvalue weighted by molar-refractivity contribution is 0.341. The van der Waals surface area contributed by atoms with Gasteiger partial charge in [-0.3, -0.25) is 0 Å². The van der Waals surface area contributed by atoms with Crippen LogP contribution in [0.3, 0.4) is 0 Å². The van der Waals surface area contributed by atoms with Crippen molar-refractivity contribution < 1.29 is 0 Å². The van der Waals surface area contributed by atoms with Gasteiger partial charge in [0.1, 0.15) is 0 Å². The van der Waals surface area contributed by atoms with Gasteiger partial charge >= 0.3 is 0 Å². The molecule has 0 amide bonds. The first kappa shape index (κ1) is 39.0. The molecule has 0 aromatic carbocycles. The number of allylic oxidation sites excluding steroid dienone is 8. The fourth-order valence-electron chi connectivity index (χ4n) is 5.48. The van der Waals surface area contributed by atoms with Gasteiger partial charge in [0.05, 0.1) is 0 Å². The van der Waals surface area contributed by atoms with Crippen LogP contribution >= 0.6 is 0 Å². The summed E-state index contributed by atoms with van der Waals surface area (Å²) in [6, 6.07) is 0. The molecule has 0 saturated carbocycles. The van der Waals surface area contributed by atoms with Crippen molar-refractivity contribution in [3.63, 3.8) is 0 Å². The quantitative estimate of drug-likeness (QED) is 0.0590. The number of unbranched alkanes of at least 4 members (excludes halogenated alkanes) is 18. The highest BCUT2D eigenvalue weighted by Crippen LogP contribution is 2.23. The fourth-order valence-corrected chi connectivity index (χ4v) is 5.48. The van der Waals surface area contributed by atoms with E-state index in [1.165, 1.54) is 167 Å². The Morgan fingerprint density at radius 3 is 0.850 bits per heavy atom. The van der Waals surface area contributed by atoms with Crippen molar-refractivity contribution in [2.24, 2.45) is 11.8 Å². The van der Waals surface area contributed by atoms with E-state index < -0.39 is 0 Å². The molecule has 0 aromatic rings. The van der Waals surface area contributed by atoms with Crippen LogP contribution in [0, 0.1) is 11.8 Å². The minimum absolute atomic E-state index is 0.806. The van der Waals surface area contributed by atoms with Gasteiger partial charge in [0, 0.05) is 0 Å². The molecule has 0 heterocycles. The van der Waals surface area contributed by atoms with Crippen molar-refractivity contribution in [3.05, 3.63) is 48.6 Å². The largest absolute Gasteiger partial charge is 0.0885 e. The third-order valence-electron chi connectivity index (χ3n) is 8.45. The van der Waals surface area contributed by atoms with Gasteiger partial charge in [-0.25, -0.2) is 0 Å². The first-order valence-corrected chi connectivity index (χ1v) is 18.3. The Morgan fingerprint density at radius 2 is 0.575 bits per heavy atom. The van der Waals surface area contributed by atoms with Crippen LogP contribution < -0.4 is 0 Å². The predicted octanol–water partition coefficient (Wildman–Crippen LogP) is 14.7. The molecule has 0 aromatic heterocycles. The Hall–Kier alpha value is -1.04. The van der Waals surface area contributed by atoms with Crippen LogP contribution in [0.5, 0.6) is 0 Å². The molecule has 0 aliphatic heterocycles. The number of rotatable bonds is 31. The molecule has 0 nitrogen and oxygen atoms in total. The molecule has 0 N–H and O–H groups in total. The van der Waals surface area contributed by atoms with E-state index in [0.717, 1.165) is 11.8 Å². The maximum Gasteiger partial charge on any atom is -0.0348 e. The lowest BCUT2D eigenvalue weighted by Crippen LogP contribution is -2.08. The summed E-state index contributed by atoms with van der Waals surface area (Å²) < 4.78 is 0. The lowest BCUT2D eigenvalue weighted by Gasteiger charge is -2.19. The first-order valence-electron chi connectivity index (χ1n) is 18.3. The highest BCUT2D eigenvalue weighted by Gasteiger charge is 2.11. The molecule has 0 heteroatoms. The standard InChI is InChI=1S/C40H74/c1-5-7-9-11-13-15-17-19-21-23-25-27-29-31-33-35-37-40(39(3)4)38-36-34-32-30-28-26-24-22-20-18-16-14-12-10-8-6-2/h11-14,31-34,39-40H,5-10,15-30,35-38H2,1-4H3/b13-11+,14-12+,33-31+,34-32+. The van der Waals surface area contributed by atoms with E-state index in [1.807, 2.05) is 0 Å². The zero-order valence-corrected chi connectivity index (χ0v) is 28.2. The van der Waals surface area contributed by atoms with Crippen molar-refractivity contribution in [2.45, 2.75) is 195 Å². The Kier molecular flexibility index (Phi) is 33.3. The topological polar surface area (TPSA) is 0 Å². The van der Waals surface area contributed by atoms with Gasteiger partial charge in [-0.15, -0.1) is 0 Å². The van der Waals surface area contributed by atoms with E-state index in [9.17, 15) is 0 Å². The predicted molar refractivity (Wildman–Crippen MR) is 186 cm³/mol. The molecule has 0 rings (SSSR count). The van der Waals surface area contributed by atoms with E-state index in [-0.39, 0.29) is 0 Å². The van der Waals surface area contributed by atoms with Crippen molar-refractivity contribution in [1.82, 2.24) is 0 Å². The molecule has 0 atom stereocenters. The van der Waals surface area contributed by atoms with Crippen LogP contribution in [0.25, 0.3) is 0 Å². The van der Waals surface area contributed by atoms with Gasteiger partial charge in [-0.1, -0.05) is 153 Å². The molecule has 0 radical (unpaired) electrons. The maximum absolute atomic E-state index is 2.47. The van der Waals surface area contributed by atoms with Crippen LogP contribution in [0.4, 0.5) is 0 Å². The zero-order valence-electron chi connectivity index (χ0n) is 28.2. The normalized spacial score (nSPS) is 12.7. The smallest absolute Gasteiger partial charge is 0.0348 e. The summed E-state index contributed by atoms with van der Waals surface area (Å²) in [4.78, 5) is 0. The van der Waals surface area contributed by atoms with E-state index >= 15 is 0 Å². The van der Waals surface area contributed by atoms with Gasteiger partial charge in [-0.05, 0) is 102 Å². The highest BCUT2D eigenvalue weighted by atomic mass is 14.2. The zero-order chi connectivity index (χ0) is 29.2. The number of hydrogen-bond donors (Lipinski definition) is 0. The molecule has 0 aliphatic carbocycles. The Labute approximate surface area is 254 Å².